The Morgan fingerprint density at radius 1 is 1.11 bits per heavy atom. The number of nitro groups is 1. The lowest BCUT2D eigenvalue weighted by atomic mass is 10.1. The van der Waals surface area contributed by atoms with Gasteiger partial charge in [-0.2, -0.15) is 0 Å². The third kappa shape index (κ3) is 4.23. The van der Waals surface area contributed by atoms with E-state index in [1.165, 1.54) is 25.2 Å². The number of rotatable bonds is 6. The van der Waals surface area contributed by atoms with Crippen LogP contribution in [0.15, 0.2) is 42.5 Å². The minimum Gasteiger partial charge on any atom is -0.496 e. The fourth-order valence-electron chi connectivity index (χ4n) is 3.49. The van der Waals surface area contributed by atoms with E-state index in [0.717, 1.165) is 18.7 Å². The number of hydrogen-bond donors (Lipinski definition) is 1. The van der Waals surface area contributed by atoms with Gasteiger partial charge in [-0.1, -0.05) is 18.2 Å². The first-order valence-corrected chi connectivity index (χ1v) is 9.10. The highest BCUT2D eigenvalue weighted by atomic mass is 16.6. The van der Waals surface area contributed by atoms with Gasteiger partial charge in [-0.15, -0.1) is 0 Å². The van der Waals surface area contributed by atoms with E-state index in [2.05, 4.69) is 0 Å². The molecule has 1 heterocycles. The van der Waals surface area contributed by atoms with Gasteiger partial charge >= 0.3 is 0 Å². The SMILES string of the molecule is COc1cccc(OC)c1C(=O)N1CC[NH+](Cc2cccc([N+](=O)[O-])c2)CC1. The Balaban J connectivity index is 1.65. The van der Waals surface area contributed by atoms with Crippen LogP contribution in [0.25, 0.3) is 0 Å². The van der Waals surface area contributed by atoms with E-state index in [4.69, 9.17) is 9.47 Å². The molecular formula is C20H24N3O5+. The van der Waals surface area contributed by atoms with Crippen molar-refractivity contribution in [1.82, 2.24) is 4.90 Å². The normalized spacial score (nSPS) is 14.6. The van der Waals surface area contributed by atoms with Crippen LogP contribution in [0.1, 0.15) is 15.9 Å². The molecule has 0 bridgehead atoms. The van der Waals surface area contributed by atoms with E-state index in [1.807, 2.05) is 6.07 Å². The zero-order valence-corrected chi connectivity index (χ0v) is 16.0. The lowest BCUT2D eigenvalue weighted by molar-refractivity contribution is -0.917. The van der Waals surface area contributed by atoms with Crippen molar-refractivity contribution in [2.24, 2.45) is 0 Å². The van der Waals surface area contributed by atoms with Crippen LogP contribution in [-0.4, -0.2) is 56.1 Å². The highest BCUT2D eigenvalue weighted by Crippen LogP contribution is 2.29. The van der Waals surface area contributed by atoms with Gasteiger partial charge in [0.1, 0.15) is 23.6 Å². The highest BCUT2D eigenvalue weighted by molar-refractivity contribution is 5.99. The molecule has 0 aliphatic carbocycles. The van der Waals surface area contributed by atoms with Gasteiger partial charge in [0.05, 0.1) is 45.3 Å². The number of nitro benzene ring substituents is 1. The zero-order chi connectivity index (χ0) is 20.1. The van der Waals surface area contributed by atoms with Crippen molar-refractivity contribution in [1.29, 1.82) is 0 Å². The topological polar surface area (TPSA) is 86.3 Å². The van der Waals surface area contributed by atoms with Crippen LogP contribution in [0.3, 0.4) is 0 Å². The van der Waals surface area contributed by atoms with Gasteiger partial charge < -0.3 is 19.3 Å². The average Bonchev–Trinajstić information content (AvgIpc) is 2.73. The molecule has 1 saturated heterocycles. The molecule has 0 unspecified atom stereocenters. The van der Waals surface area contributed by atoms with E-state index >= 15 is 0 Å². The summed E-state index contributed by atoms with van der Waals surface area (Å²) >= 11 is 0. The Kier molecular flexibility index (Phi) is 6.10. The summed E-state index contributed by atoms with van der Waals surface area (Å²) in [6, 6.07) is 12.0. The molecule has 148 valence electrons. The number of benzene rings is 2. The first-order chi connectivity index (χ1) is 13.5. The highest BCUT2D eigenvalue weighted by Gasteiger charge is 2.28. The number of nitrogens with zero attached hydrogens (tertiary/aromatic N) is 2. The molecule has 8 heteroatoms. The van der Waals surface area contributed by atoms with Crippen LogP contribution in [0.2, 0.25) is 0 Å². The predicted molar refractivity (Wildman–Crippen MR) is 103 cm³/mol. The van der Waals surface area contributed by atoms with Gasteiger partial charge in [-0.25, -0.2) is 0 Å². The molecule has 1 aliphatic heterocycles. The Morgan fingerprint density at radius 3 is 2.29 bits per heavy atom. The summed E-state index contributed by atoms with van der Waals surface area (Å²) in [5.74, 6) is 0.884. The van der Waals surface area contributed by atoms with Gasteiger partial charge in [0, 0.05) is 17.7 Å². The van der Waals surface area contributed by atoms with E-state index in [9.17, 15) is 14.9 Å². The monoisotopic (exact) mass is 386 g/mol. The molecule has 0 aromatic heterocycles. The van der Waals surface area contributed by atoms with Crippen LogP contribution >= 0.6 is 0 Å². The second-order valence-electron chi connectivity index (χ2n) is 6.68. The second-order valence-corrected chi connectivity index (χ2v) is 6.68. The molecule has 2 aromatic carbocycles. The summed E-state index contributed by atoms with van der Waals surface area (Å²) in [5, 5.41) is 10.9. The molecular weight excluding hydrogens is 362 g/mol. The van der Waals surface area contributed by atoms with Crippen molar-refractivity contribution in [3.63, 3.8) is 0 Å². The first kappa shape index (κ1) is 19.6. The maximum absolute atomic E-state index is 13.0. The third-order valence-electron chi connectivity index (χ3n) is 4.97. The van der Waals surface area contributed by atoms with Crippen LogP contribution in [-0.2, 0) is 6.54 Å². The zero-order valence-electron chi connectivity index (χ0n) is 16.0. The van der Waals surface area contributed by atoms with E-state index < -0.39 is 0 Å². The van der Waals surface area contributed by atoms with Crippen LogP contribution in [0, 0.1) is 10.1 Å². The summed E-state index contributed by atoms with van der Waals surface area (Å²) in [6.07, 6.45) is 0. The molecule has 1 N–H and O–H groups in total. The molecule has 1 aliphatic rings. The van der Waals surface area contributed by atoms with Crippen molar-refractivity contribution in [2.75, 3.05) is 40.4 Å². The van der Waals surface area contributed by atoms with Crippen LogP contribution in [0.5, 0.6) is 11.5 Å². The molecule has 28 heavy (non-hydrogen) atoms. The molecule has 2 aromatic rings. The summed E-state index contributed by atoms with van der Waals surface area (Å²) in [4.78, 5) is 26.7. The van der Waals surface area contributed by atoms with Crippen LogP contribution in [0.4, 0.5) is 5.69 Å². The number of carbonyl (C=O) groups excluding carboxylic acids is 1. The fourth-order valence-corrected chi connectivity index (χ4v) is 3.49. The molecule has 8 nitrogen and oxygen atoms in total. The number of hydrogen-bond acceptors (Lipinski definition) is 5. The number of quaternary nitrogens is 1. The fraction of sp³-hybridized carbons (Fsp3) is 0.350. The van der Waals surface area contributed by atoms with Crippen molar-refractivity contribution in [2.45, 2.75) is 6.54 Å². The first-order valence-electron chi connectivity index (χ1n) is 9.10. The summed E-state index contributed by atoms with van der Waals surface area (Å²) in [6.45, 7) is 3.44. The van der Waals surface area contributed by atoms with Gasteiger partial charge in [0.15, 0.2) is 0 Å². The van der Waals surface area contributed by atoms with E-state index in [-0.39, 0.29) is 16.5 Å². The Bertz CT molecular complexity index is 840. The number of ether oxygens (including phenoxy) is 2. The molecule has 0 radical (unpaired) electrons. The molecule has 3 rings (SSSR count). The number of non-ortho nitro benzene ring substituents is 1. The van der Waals surface area contributed by atoms with E-state index in [0.29, 0.717) is 36.7 Å². The molecule has 1 fully saturated rings. The predicted octanol–water partition coefficient (Wildman–Crippen LogP) is 1.15. The molecule has 0 atom stereocenters. The molecule has 1 amide bonds. The van der Waals surface area contributed by atoms with Crippen LogP contribution < -0.4 is 14.4 Å². The lowest BCUT2D eigenvalue weighted by Crippen LogP contribution is -3.13. The Hall–Kier alpha value is -3.13. The second kappa shape index (κ2) is 8.71. The van der Waals surface area contributed by atoms with Crippen molar-refractivity contribution >= 4 is 11.6 Å². The Morgan fingerprint density at radius 2 is 1.71 bits per heavy atom. The van der Waals surface area contributed by atoms with Gasteiger partial charge in [0.2, 0.25) is 0 Å². The maximum atomic E-state index is 13.0. The van der Waals surface area contributed by atoms with Gasteiger partial charge in [-0.3, -0.25) is 14.9 Å². The lowest BCUT2D eigenvalue weighted by Gasteiger charge is -2.32. The number of piperazine rings is 1. The minimum atomic E-state index is -0.379. The Labute approximate surface area is 163 Å². The smallest absolute Gasteiger partial charge is 0.269 e. The summed E-state index contributed by atoms with van der Waals surface area (Å²) in [7, 11) is 3.07. The van der Waals surface area contributed by atoms with Gasteiger partial charge in [0.25, 0.3) is 11.6 Å². The standard InChI is InChI=1S/C20H23N3O5/c1-27-17-7-4-8-18(28-2)19(17)20(24)22-11-9-21(10-12-22)14-15-5-3-6-16(13-15)23(25)26/h3-8,13H,9-12,14H2,1-2H3/p+1. The minimum absolute atomic E-state index is 0.106. The molecule has 0 saturated carbocycles. The molecule has 0 spiro atoms. The maximum Gasteiger partial charge on any atom is 0.269 e. The quantitative estimate of drug-likeness (QED) is 0.595. The van der Waals surface area contributed by atoms with Crippen molar-refractivity contribution in [3.05, 3.63) is 63.7 Å². The number of carbonyl (C=O) groups is 1. The average molecular weight is 386 g/mol. The largest absolute Gasteiger partial charge is 0.496 e. The third-order valence-corrected chi connectivity index (χ3v) is 4.97. The number of nitrogens with one attached hydrogen (secondary N) is 1. The van der Waals surface area contributed by atoms with Crippen molar-refractivity contribution in [3.8, 4) is 11.5 Å². The van der Waals surface area contributed by atoms with Gasteiger partial charge in [-0.05, 0) is 12.1 Å². The van der Waals surface area contributed by atoms with E-state index in [1.54, 1.807) is 35.2 Å². The van der Waals surface area contributed by atoms with Crippen molar-refractivity contribution < 1.29 is 24.1 Å². The number of amides is 1. The summed E-state index contributed by atoms with van der Waals surface area (Å²) in [5.41, 5.74) is 1.47. The number of methoxy groups -OCH3 is 2. The summed E-state index contributed by atoms with van der Waals surface area (Å²) < 4.78 is 10.7.